The first-order valence-corrected chi connectivity index (χ1v) is 4.70. The molecule has 0 spiro atoms. The molecule has 0 saturated heterocycles. The third-order valence-electron chi connectivity index (χ3n) is 1.78. The molecule has 15 heavy (non-hydrogen) atoms. The van der Waals surface area contributed by atoms with E-state index in [0.717, 1.165) is 5.69 Å². The zero-order chi connectivity index (χ0) is 10.7. The van der Waals surface area contributed by atoms with Gasteiger partial charge >= 0.3 is 0 Å². The zero-order valence-corrected chi connectivity index (χ0v) is 8.77. The summed E-state index contributed by atoms with van der Waals surface area (Å²) in [5.41, 5.74) is 0.798. The summed E-state index contributed by atoms with van der Waals surface area (Å²) in [5.74, 6) is 1.07. The van der Waals surface area contributed by atoms with Crippen molar-refractivity contribution in [3.8, 4) is 11.6 Å². The largest absolute Gasteiger partial charge is 0.437 e. The summed E-state index contributed by atoms with van der Waals surface area (Å²) in [6.45, 7) is 1.86. The summed E-state index contributed by atoms with van der Waals surface area (Å²) in [7, 11) is 0. The second-order valence-electron chi connectivity index (χ2n) is 2.87. The lowest BCUT2D eigenvalue weighted by Gasteiger charge is -2.05. The second-order valence-corrected chi connectivity index (χ2v) is 3.26. The topological polar surface area (TPSA) is 47.9 Å². The van der Waals surface area contributed by atoms with E-state index in [9.17, 15) is 0 Å². The Kier molecular flexibility index (Phi) is 2.78. The van der Waals surface area contributed by atoms with Gasteiger partial charge in [-0.1, -0.05) is 11.6 Å². The first-order chi connectivity index (χ1) is 7.25. The zero-order valence-electron chi connectivity index (χ0n) is 8.01. The Bertz CT molecular complexity index is 476. The molecule has 0 fully saturated rings. The van der Waals surface area contributed by atoms with Gasteiger partial charge in [0.1, 0.15) is 11.5 Å². The monoisotopic (exact) mass is 221 g/mol. The van der Waals surface area contributed by atoms with E-state index in [1.54, 1.807) is 18.3 Å². The number of hydrogen-bond acceptors (Lipinski definition) is 4. The van der Waals surface area contributed by atoms with Crippen LogP contribution in [0.25, 0.3) is 0 Å². The lowest BCUT2D eigenvalue weighted by Crippen LogP contribution is -1.92. The molecule has 0 N–H and O–H groups in total. The van der Waals surface area contributed by atoms with Gasteiger partial charge in [-0.25, -0.2) is 9.97 Å². The van der Waals surface area contributed by atoms with Gasteiger partial charge in [0, 0.05) is 12.3 Å². The highest BCUT2D eigenvalue weighted by atomic mass is 35.5. The lowest BCUT2D eigenvalue weighted by atomic mass is 10.3. The van der Waals surface area contributed by atoms with Gasteiger partial charge in [-0.3, -0.25) is 4.98 Å². The van der Waals surface area contributed by atoms with Gasteiger partial charge < -0.3 is 4.74 Å². The number of aromatic nitrogens is 3. The molecule has 2 rings (SSSR count). The fourth-order valence-electron chi connectivity index (χ4n) is 1.06. The molecule has 0 bridgehead atoms. The maximum absolute atomic E-state index is 5.70. The van der Waals surface area contributed by atoms with Gasteiger partial charge in [-0.05, 0) is 19.1 Å². The molecule has 76 valence electrons. The van der Waals surface area contributed by atoms with E-state index >= 15 is 0 Å². The van der Waals surface area contributed by atoms with Gasteiger partial charge in [0.2, 0.25) is 5.88 Å². The molecule has 4 nitrogen and oxygen atoms in total. The van der Waals surface area contributed by atoms with Gasteiger partial charge in [0.25, 0.3) is 0 Å². The van der Waals surface area contributed by atoms with Crippen molar-refractivity contribution in [2.75, 3.05) is 0 Å². The number of pyridine rings is 1. The lowest BCUT2D eigenvalue weighted by molar-refractivity contribution is 0.455. The average molecular weight is 222 g/mol. The van der Waals surface area contributed by atoms with Crippen molar-refractivity contribution in [2.45, 2.75) is 6.92 Å². The summed E-state index contributed by atoms with van der Waals surface area (Å²) in [5, 5.41) is 0.349. The van der Waals surface area contributed by atoms with Crippen molar-refractivity contribution >= 4 is 11.6 Å². The molecule has 2 heterocycles. The number of rotatable bonds is 2. The van der Waals surface area contributed by atoms with Crippen LogP contribution in [0.4, 0.5) is 0 Å². The van der Waals surface area contributed by atoms with Crippen molar-refractivity contribution in [1.29, 1.82) is 0 Å². The Labute approximate surface area is 91.9 Å². The van der Waals surface area contributed by atoms with Crippen molar-refractivity contribution in [2.24, 2.45) is 0 Å². The highest BCUT2D eigenvalue weighted by Crippen LogP contribution is 2.22. The molecule has 5 heteroatoms. The van der Waals surface area contributed by atoms with Crippen LogP contribution in [0.3, 0.4) is 0 Å². The van der Waals surface area contributed by atoms with E-state index in [1.807, 2.05) is 13.0 Å². The van der Waals surface area contributed by atoms with Gasteiger partial charge in [-0.15, -0.1) is 0 Å². The molecule has 0 aliphatic carbocycles. The van der Waals surface area contributed by atoms with Crippen LogP contribution in [-0.2, 0) is 0 Å². The Hall–Kier alpha value is -1.68. The molecular weight excluding hydrogens is 214 g/mol. The van der Waals surface area contributed by atoms with E-state index in [4.69, 9.17) is 16.3 Å². The predicted molar refractivity (Wildman–Crippen MR) is 56.1 cm³/mol. The molecule has 2 aromatic heterocycles. The Morgan fingerprint density at radius 2 is 2.13 bits per heavy atom. The van der Waals surface area contributed by atoms with E-state index < -0.39 is 0 Å². The van der Waals surface area contributed by atoms with E-state index in [1.165, 1.54) is 6.33 Å². The molecular formula is C10H8ClN3O. The first-order valence-electron chi connectivity index (χ1n) is 4.33. The predicted octanol–water partition coefficient (Wildman–Crippen LogP) is 2.63. The van der Waals surface area contributed by atoms with Crippen molar-refractivity contribution in [1.82, 2.24) is 15.0 Å². The standard InChI is InChI=1S/C10H8ClN3O/c1-7-8(3-2-4-12-7)15-10-5-9(11)13-6-14-10/h2-6H,1H3. The maximum atomic E-state index is 5.70. The second kappa shape index (κ2) is 4.23. The fourth-order valence-corrected chi connectivity index (χ4v) is 1.20. The Morgan fingerprint density at radius 1 is 1.27 bits per heavy atom. The summed E-state index contributed by atoms with van der Waals surface area (Å²) in [6, 6.07) is 5.16. The van der Waals surface area contributed by atoms with Crippen LogP contribution in [0.2, 0.25) is 5.15 Å². The Balaban J connectivity index is 2.26. The minimum atomic E-state index is 0.349. The third kappa shape index (κ3) is 2.41. The van der Waals surface area contributed by atoms with Crippen LogP contribution in [0.15, 0.2) is 30.7 Å². The molecule has 0 amide bonds. The van der Waals surface area contributed by atoms with Gasteiger partial charge in [0.05, 0.1) is 5.69 Å². The van der Waals surface area contributed by atoms with Gasteiger partial charge in [0.15, 0.2) is 5.75 Å². The molecule has 0 saturated carbocycles. The number of halogens is 1. The minimum absolute atomic E-state index is 0.349. The van der Waals surface area contributed by atoms with Crippen molar-refractivity contribution in [3.63, 3.8) is 0 Å². The van der Waals surface area contributed by atoms with E-state index in [2.05, 4.69) is 15.0 Å². The summed E-state index contributed by atoms with van der Waals surface area (Å²) >= 11 is 5.70. The van der Waals surface area contributed by atoms with Gasteiger partial charge in [-0.2, -0.15) is 0 Å². The molecule has 0 unspecified atom stereocenters. The van der Waals surface area contributed by atoms with Crippen molar-refractivity contribution in [3.05, 3.63) is 41.6 Å². The van der Waals surface area contributed by atoms with Crippen LogP contribution in [0.1, 0.15) is 5.69 Å². The highest BCUT2D eigenvalue weighted by Gasteiger charge is 2.02. The summed E-state index contributed by atoms with van der Waals surface area (Å²) in [6.07, 6.45) is 3.05. The molecule has 0 radical (unpaired) electrons. The number of hydrogen-bond donors (Lipinski definition) is 0. The van der Waals surface area contributed by atoms with Crippen LogP contribution in [0, 0.1) is 6.92 Å². The molecule has 0 aliphatic heterocycles. The van der Waals surface area contributed by atoms with Crippen LogP contribution in [0.5, 0.6) is 11.6 Å². The fraction of sp³-hybridized carbons (Fsp3) is 0.100. The molecule has 2 aromatic rings. The van der Waals surface area contributed by atoms with Crippen LogP contribution in [-0.4, -0.2) is 15.0 Å². The summed E-state index contributed by atoms with van der Waals surface area (Å²) in [4.78, 5) is 11.8. The quantitative estimate of drug-likeness (QED) is 0.732. The highest BCUT2D eigenvalue weighted by molar-refractivity contribution is 6.29. The smallest absolute Gasteiger partial charge is 0.223 e. The number of nitrogens with zero attached hydrogens (tertiary/aromatic N) is 3. The summed E-state index contributed by atoms with van der Waals surface area (Å²) < 4.78 is 5.49. The number of ether oxygens (including phenoxy) is 1. The number of aryl methyl sites for hydroxylation is 1. The van der Waals surface area contributed by atoms with E-state index in [-0.39, 0.29) is 0 Å². The first kappa shape index (κ1) is 9.86. The molecule has 0 aliphatic rings. The third-order valence-corrected chi connectivity index (χ3v) is 1.99. The minimum Gasteiger partial charge on any atom is -0.437 e. The van der Waals surface area contributed by atoms with Crippen LogP contribution < -0.4 is 4.74 Å². The van der Waals surface area contributed by atoms with Crippen LogP contribution >= 0.6 is 11.6 Å². The SMILES string of the molecule is Cc1ncccc1Oc1cc(Cl)ncn1. The molecule has 0 aromatic carbocycles. The van der Waals surface area contributed by atoms with Crippen molar-refractivity contribution < 1.29 is 4.74 Å². The van der Waals surface area contributed by atoms with E-state index in [0.29, 0.717) is 16.8 Å². The normalized spacial score (nSPS) is 10.0. The maximum Gasteiger partial charge on any atom is 0.223 e. The Morgan fingerprint density at radius 3 is 2.87 bits per heavy atom. The average Bonchev–Trinajstić information content (AvgIpc) is 2.22. The molecule has 0 atom stereocenters.